The number of nitrogens with two attached hydrogens (primary N) is 1. The maximum Gasteiger partial charge on any atom is 0.170 e. The van der Waals surface area contributed by atoms with E-state index in [1.807, 2.05) is 24.3 Å². The van der Waals surface area contributed by atoms with Crippen LogP contribution in [0, 0.1) is 6.92 Å². The summed E-state index contributed by atoms with van der Waals surface area (Å²) in [6.07, 6.45) is 0. The number of nitrogens with zero attached hydrogens (tertiary/aromatic N) is 2. The van der Waals surface area contributed by atoms with Crippen molar-refractivity contribution in [2.75, 3.05) is 7.05 Å². The summed E-state index contributed by atoms with van der Waals surface area (Å²) < 4.78 is 0. The van der Waals surface area contributed by atoms with E-state index in [1.54, 1.807) is 0 Å². The van der Waals surface area contributed by atoms with Crippen LogP contribution in [0.2, 0.25) is 0 Å². The molecule has 0 spiro atoms. The van der Waals surface area contributed by atoms with Gasteiger partial charge in [0, 0.05) is 18.7 Å². The van der Waals surface area contributed by atoms with E-state index in [-0.39, 0.29) is 5.84 Å². The summed E-state index contributed by atoms with van der Waals surface area (Å²) in [6.45, 7) is 3.82. The number of aryl methyl sites for hydroxylation is 1. The second-order valence-corrected chi connectivity index (χ2v) is 5.28. The van der Waals surface area contributed by atoms with E-state index in [0.717, 1.165) is 24.2 Å². The second kappa shape index (κ2) is 6.90. The molecule has 4 heteroatoms. The summed E-state index contributed by atoms with van der Waals surface area (Å²) >= 11 is 0. The lowest BCUT2D eigenvalue weighted by molar-refractivity contribution is 0.317. The van der Waals surface area contributed by atoms with Crippen LogP contribution in [-0.2, 0) is 13.1 Å². The van der Waals surface area contributed by atoms with Crippen molar-refractivity contribution in [3.8, 4) is 0 Å². The highest BCUT2D eigenvalue weighted by Crippen LogP contribution is 2.13. The molecule has 0 aliphatic rings. The summed E-state index contributed by atoms with van der Waals surface area (Å²) in [4.78, 5) is 2.24. The maximum absolute atomic E-state index is 8.74. The number of rotatable bonds is 5. The minimum absolute atomic E-state index is 0.137. The SMILES string of the molecule is Cc1ccccc1CN(C)Cc1cccc(C(N)=NO)c1. The Morgan fingerprint density at radius 1 is 1.14 bits per heavy atom. The molecule has 2 aromatic carbocycles. The molecule has 4 nitrogen and oxygen atoms in total. The van der Waals surface area contributed by atoms with Crippen LogP contribution >= 0.6 is 0 Å². The van der Waals surface area contributed by atoms with Crippen LogP contribution < -0.4 is 5.73 Å². The Balaban J connectivity index is 2.06. The fraction of sp³-hybridized carbons (Fsp3) is 0.235. The number of benzene rings is 2. The number of hydrogen-bond donors (Lipinski definition) is 2. The van der Waals surface area contributed by atoms with Gasteiger partial charge in [0.15, 0.2) is 5.84 Å². The van der Waals surface area contributed by atoms with E-state index in [0.29, 0.717) is 0 Å². The molecule has 0 saturated heterocycles. The molecule has 0 bridgehead atoms. The highest BCUT2D eigenvalue weighted by Gasteiger charge is 2.06. The molecule has 0 unspecified atom stereocenters. The van der Waals surface area contributed by atoms with Gasteiger partial charge in [-0.05, 0) is 36.7 Å². The van der Waals surface area contributed by atoms with Crippen molar-refractivity contribution in [3.63, 3.8) is 0 Å². The molecule has 2 rings (SSSR count). The number of amidine groups is 1. The van der Waals surface area contributed by atoms with Crippen molar-refractivity contribution in [2.45, 2.75) is 20.0 Å². The normalized spacial score (nSPS) is 11.9. The Labute approximate surface area is 125 Å². The first-order valence-electron chi connectivity index (χ1n) is 6.90. The van der Waals surface area contributed by atoms with E-state index >= 15 is 0 Å². The zero-order valence-corrected chi connectivity index (χ0v) is 12.5. The van der Waals surface area contributed by atoms with E-state index in [9.17, 15) is 0 Å². The lowest BCUT2D eigenvalue weighted by Crippen LogP contribution is -2.19. The van der Waals surface area contributed by atoms with Gasteiger partial charge in [0.25, 0.3) is 0 Å². The average molecular weight is 283 g/mol. The number of hydrogen-bond acceptors (Lipinski definition) is 3. The van der Waals surface area contributed by atoms with E-state index in [4.69, 9.17) is 10.9 Å². The van der Waals surface area contributed by atoms with Gasteiger partial charge in [0.1, 0.15) is 0 Å². The van der Waals surface area contributed by atoms with Crippen LogP contribution in [0.1, 0.15) is 22.3 Å². The predicted octanol–water partition coefficient (Wildman–Crippen LogP) is 2.72. The minimum atomic E-state index is 0.137. The molecule has 0 radical (unpaired) electrons. The molecule has 0 fully saturated rings. The predicted molar refractivity (Wildman–Crippen MR) is 85.3 cm³/mol. The largest absolute Gasteiger partial charge is 0.409 e. The maximum atomic E-state index is 8.74. The van der Waals surface area contributed by atoms with Crippen molar-refractivity contribution in [2.24, 2.45) is 10.9 Å². The highest BCUT2D eigenvalue weighted by atomic mass is 16.4. The summed E-state index contributed by atoms with van der Waals surface area (Å²) in [7, 11) is 2.09. The number of oxime groups is 1. The first-order valence-corrected chi connectivity index (χ1v) is 6.90. The van der Waals surface area contributed by atoms with Gasteiger partial charge in [-0.1, -0.05) is 47.6 Å². The molecule has 110 valence electrons. The summed E-state index contributed by atoms with van der Waals surface area (Å²) in [5.74, 6) is 0.137. The summed E-state index contributed by atoms with van der Waals surface area (Å²) in [5, 5.41) is 11.8. The third-order valence-electron chi connectivity index (χ3n) is 3.48. The zero-order chi connectivity index (χ0) is 15.2. The van der Waals surface area contributed by atoms with Gasteiger partial charge in [-0.2, -0.15) is 0 Å². The summed E-state index contributed by atoms with van der Waals surface area (Å²) in [6, 6.07) is 16.1. The van der Waals surface area contributed by atoms with Crippen molar-refractivity contribution >= 4 is 5.84 Å². The van der Waals surface area contributed by atoms with E-state index in [2.05, 4.69) is 48.3 Å². The summed E-state index contributed by atoms with van der Waals surface area (Å²) in [5.41, 5.74) is 10.1. The van der Waals surface area contributed by atoms with Crippen molar-refractivity contribution in [1.29, 1.82) is 0 Å². The molecule has 0 atom stereocenters. The van der Waals surface area contributed by atoms with Gasteiger partial charge in [0.05, 0.1) is 0 Å². The molecule has 21 heavy (non-hydrogen) atoms. The fourth-order valence-electron chi connectivity index (χ4n) is 2.33. The molecule has 0 aliphatic carbocycles. The Hall–Kier alpha value is -2.33. The van der Waals surface area contributed by atoms with Crippen molar-refractivity contribution < 1.29 is 5.21 Å². The molecular formula is C17H21N3O. The first-order chi connectivity index (χ1) is 10.1. The quantitative estimate of drug-likeness (QED) is 0.384. The standard InChI is InChI=1S/C17H21N3O/c1-13-6-3-4-8-16(13)12-20(2)11-14-7-5-9-15(10-14)17(18)19-21/h3-10,21H,11-12H2,1-2H3,(H2,18,19). The molecular weight excluding hydrogens is 262 g/mol. The third-order valence-corrected chi connectivity index (χ3v) is 3.48. The van der Waals surface area contributed by atoms with Gasteiger partial charge in [-0.15, -0.1) is 0 Å². The lowest BCUT2D eigenvalue weighted by Gasteiger charge is -2.18. The second-order valence-electron chi connectivity index (χ2n) is 5.28. The van der Waals surface area contributed by atoms with Crippen molar-refractivity contribution in [1.82, 2.24) is 4.90 Å². The lowest BCUT2D eigenvalue weighted by atomic mass is 10.1. The highest BCUT2D eigenvalue weighted by molar-refractivity contribution is 5.97. The Morgan fingerprint density at radius 3 is 2.62 bits per heavy atom. The Kier molecular flexibility index (Phi) is 4.95. The Morgan fingerprint density at radius 2 is 1.90 bits per heavy atom. The molecule has 0 aromatic heterocycles. The van der Waals surface area contributed by atoms with E-state index in [1.165, 1.54) is 11.1 Å². The van der Waals surface area contributed by atoms with Gasteiger partial charge < -0.3 is 10.9 Å². The van der Waals surface area contributed by atoms with Gasteiger partial charge in [-0.25, -0.2) is 0 Å². The molecule has 0 amide bonds. The minimum Gasteiger partial charge on any atom is -0.409 e. The van der Waals surface area contributed by atoms with E-state index < -0.39 is 0 Å². The van der Waals surface area contributed by atoms with Crippen LogP contribution in [0.4, 0.5) is 0 Å². The Bertz CT molecular complexity index is 637. The smallest absolute Gasteiger partial charge is 0.170 e. The third kappa shape index (κ3) is 4.07. The van der Waals surface area contributed by atoms with Crippen LogP contribution in [0.3, 0.4) is 0 Å². The zero-order valence-electron chi connectivity index (χ0n) is 12.5. The average Bonchev–Trinajstić information content (AvgIpc) is 2.49. The van der Waals surface area contributed by atoms with Gasteiger partial charge in [0.2, 0.25) is 0 Å². The van der Waals surface area contributed by atoms with Crippen LogP contribution in [0.25, 0.3) is 0 Å². The molecule has 3 N–H and O–H groups in total. The molecule has 0 aliphatic heterocycles. The topological polar surface area (TPSA) is 61.8 Å². The molecule has 0 saturated carbocycles. The van der Waals surface area contributed by atoms with Crippen LogP contribution in [0.5, 0.6) is 0 Å². The molecule has 2 aromatic rings. The monoisotopic (exact) mass is 283 g/mol. The van der Waals surface area contributed by atoms with Crippen LogP contribution in [-0.4, -0.2) is 23.0 Å². The van der Waals surface area contributed by atoms with Gasteiger partial charge in [-0.3, -0.25) is 4.90 Å². The molecule has 0 heterocycles. The fourth-order valence-corrected chi connectivity index (χ4v) is 2.33. The first kappa shape index (κ1) is 15.1. The van der Waals surface area contributed by atoms with Crippen LogP contribution in [0.15, 0.2) is 53.7 Å². The van der Waals surface area contributed by atoms with Crippen molar-refractivity contribution in [3.05, 3.63) is 70.8 Å². The van der Waals surface area contributed by atoms with Gasteiger partial charge >= 0.3 is 0 Å².